The number of nitrogens with zero attached hydrogens (tertiary/aromatic N) is 4. The summed E-state index contributed by atoms with van der Waals surface area (Å²) in [7, 11) is -10.2. The Labute approximate surface area is 305 Å². The van der Waals surface area contributed by atoms with Crippen LogP contribution in [0.2, 0.25) is 0 Å². The van der Waals surface area contributed by atoms with Crippen LogP contribution in [0.25, 0.3) is 11.1 Å². The van der Waals surface area contributed by atoms with Crippen molar-refractivity contribution in [2.24, 2.45) is 20.5 Å². The number of hydrogen-bond donors (Lipinski definition) is 4. The van der Waals surface area contributed by atoms with E-state index in [0.717, 1.165) is 55.3 Å². The fourth-order valence-electron chi connectivity index (χ4n) is 4.97. The molecule has 4 N–H and O–H groups in total. The minimum absolute atomic E-state index is 0.245. The fourth-order valence-corrected chi connectivity index (χ4v) is 6.42. The zero-order chi connectivity index (χ0) is 39.2. The minimum atomic E-state index is -5.11. The van der Waals surface area contributed by atoms with E-state index in [1.807, 2.05) is 13.0 Å². The second kappa shape index (κ2) is 16.2. The second-order valence-electron chi connectivity index (χ2n) is 11.9. The summed E-state index contributed by atoms with van der Waals surface area (Å²) in [5, 5.41) is 20.4. The molecule has 4 aromatic carbocycles. The van der Waals surface area contributed by atoms with Crippen LogP contribution in [0.1, 0.15) is 30.5 Å². The number of azo groups is 2. The highest BCUT2D eigenvalue weighted by Gasteiger charge is 2.27. The summed E-state index contributed by atoms with van der Waals surface area (Å²) < 4.78 is 70.3. The van der Waals surface area contributed by atoms with Crippen molar-refractivity contribution in [2.45, 2.75) is 56.5 Å². The maximum Gasteiger partial charge on any atom is 0.295 e. The zero-order valence-corrected chi connectivity index (χ0v) is 30.6. The number of amides is 2. The molecule has 53 heavy (non-hydrogen) atoms. The Balaban J connectivity index is 1.68. The summed E-state index contributed by atoms with van der Waals surface area (Å²) in [5.74, 6) is -2.98. The molecule has 0 fully saturated rings. The van der Waals surface area contributed by atoms with E-state index in [4.69, 9.17) is 0 Å². The molecular weight excluding hydrogens is 729 g/mol. The molecule has 0 radical (unpaired) electrons. The lowest BCUT2D eigenvalue weighted by Gasteiger charge is -2.13. The van der Waals surface area contributed by atoms with Crippen LogP contribution in [-0.4, -0.2) is 61.4 Å². The van der Waals surface area contributed by atoms with Crippen LogP contribution in [0.3, 0.4) is 0 Å². The summed E-state index contributed by atoms with van der Waals surface area (Å²) in [4.78, 5) is 48.6. The topological polar surface area (TPSA) is 251 Å². The zero-order valence-electron chi connectivity index (χ0n) is 28.9. The van der Waals surface area contributed by atoms with E-state index in [-0.39, 0.29) is 11.4 Å². The Kier molecular flexibility index (Phi) is 12.2. The van der Waals surface area contributed by atoms with E-state index in [1.54, 1.807) is 50.2 Å². The number of hydrogen-bond acceptors (Lipinski definition) is 12. The van der Waals surface area contributed by atoms with Crippen LogP contribution in [0, 0.1) is 20.8 Å². The predicted octanol–water partition coefficient (Wildman–Crippen LogP) is 6.13. The Morgan fingerprint density at radius 3 is 1.42 bits per heavy atom. The van der Waals surface area contributed by atoms with Gasteiger partial charge in [0.1, 0.15) is 9.79 Å². The van der Waals surface area contributed by atoms with Gasteiger partial charge in [0.2, 0.25) is 12.1 Å². The molecule has 2 atom stereocenters. The van der Waals surface area contributed by atoms with Gasteiger partial charge in [-0.2, -0.15) is 37.3 Å². The first kappa shape index (κ1) is 40.0. The van der Waals surface area contributed by atoms with Gasteiger partial charge in [-0.3, -0.25) is 28.3 Å². The summed E-state index contributed by atoms with van der Waals surface area (Å²) in [6.45, 7) is 7.58. The molecule has 276 valence electrons. The van der Waals surface area contributed by atoms with Crippen LogP contribution >= 0.6 is 0 Å². The number of carbonyl (C=O) groups is 4. The van der Waals surface area contributed by atoms with E-state index in [1.165, 1.54) is 6.07 Å². The second-order valence-corrected chi connectivity index (χ2v) is 14.7. The van der Waals surface area contributed by atoms with Gasteiger partial charge in [-0.1, -0.05) is 48.0 Å². The lowest BCUT2D eigenvalue weighted by Crippen LogP contribution is -2.32. The molecule has 0 spiro atoms. The minimum Gasteiger partial charge on any atom is -0.324 e. The molecule has 2 amide bonds. The Hall–Kier alpha value is -5.82. The molecule has 4 rings (SSSR count). The van der Waals surface area contributed by atoms with E-state index < -0.39 is 76.6 Å². The molecule has 0 aromatic heterocycles. The first-order valence-corrected chi connectivity index (χ1v) is 18.4. The Morgan fingerprint density at radius 2 is 1.02 bits per heavy atom. The molecule has 0 saturated carbocycles. The normalized spacial score (nSPS) is 13.1. The van der Waals surface area contributed by atoms with Crippen molar-refractivity contribution in [2.75, 3.05) is 10.6 Å². The molecule has 0 aliphatic heterocycles. The Morgan fingerprint density at radius 1 is 0.585 bits per heavy atom. The average molecular weight is 763 g/mol. The van der Waals surface area contributed by atoms with Gasteiger partial charge in [-0.15, -0.1) is 0 Å². The molecule has 16 nitrogen and oxygen atoms in total. The number of ketones is 2. The smallest absolute Gasteiger partial charge is 0.295 e. The van der Waals surface area contributed by atoms with Crippen molar-refractivity contribution in [3.8, 4) is 11.1 Å². The van der Waals surface area contributed by atoms with E-state index in [0.29, 0.717) is 16.9 Å². The van der Waals surface area contributed by atoms with Crippen molar-refractivity contribution in [1.82, 2.24) is 0 Å². The SMILES string of the molecule is CC(=O)[C@@H](N=Nc1ccc(-c2ccc(N=N[C@@H](C(C)=O)C(=O)Nc3ccc(C)cc3C)cc2S(=O)(=O)O)c(S(=O)(=O)O)c1)C(=O)Nc1ccccc1C. The standard InChI is InChI=1S/C35H34N6O10S2/c1-19-10-15-29(21(3)16-19)37-35(45)33(23(5)43)41-39-25-12-14-27(31(18-25)53(49,50)51)26-13-11-24(17-30(26)52(46,47)48)38-40-32(22(4)42)34(44)36-28-9-7-6-8-20(28)2/h6-18,32-33H,1-5H3,(H,36,44)(H,37,45)(H,46,47,48)(H,49,50,51)/t32-,33+/m1/s1. The quantitative estimate of drug-likeness (QED) is 0.0688. The molecule has 18 heteroatoms. The highest BCUT2D eigenvalue weighted by molar-refractivity contribution is 7.86. The summed E-state index contributed by atoms with van der Waals surface area (Å²) >= 11 is 0. The maximum atomic E-state index is 12.9. The number of Topliss-reactive ketones (excluding diaryl/α,β-unsaturated/α-hetero) is 2. The highest BCUT2D eigenvalue weighted by Crippen LogP contribution is 2.37. The van der Waals surface area contributed by atoms with E-state index in [2.05, 4.69) is 31.1 Å². The predicted molar refractivity (Wildman–Crippen MR) is 194 cm³/mol. The van der Waals surface area contributed by atoms with Crippen molar-refractivity contribution in [1.29, 1.82) is 0 Å². The van der Waals surface area contributed by atoms with Gasteiger partial charge >= 0.3 is 0 Å². The lowest BCUT2D eigenvalue weighted by atomic mass is 10.0. The van der Waals surface area contributed by atoms with Gasteiger partial charge in [0, 0.05) is 22.5 Å². The van der Waals surface area contributed by atoms with Crippen molar-refractivity contribution >= 4 is 66.4 Å². The molecule has 4 aromatic rings. The molecule has 0 unspecified atom stereocenters. The number of nitrogens with one attached hydrogen (secondary N) is 2. The van der Waals surface area contributed by atoms with Crippen molar-refractivity contribution < 1.29 is 45.1 Å². The maximum absolute atomic E-state index is 12.9. The molecule has 0 aliphatic rings. The van der Waals surface area contributed by atoms with Crippen LogP contribution in [0.15, 0.2) is 109 Å². The lowest BCUT2D eigenvalue weighted by molar-refractivity contribution is -0.127. The van der Waals surface area contributed by atoms with Gasteiger partial charge in [0.25, 0.3) is 32.1 Å². The first-order chi connectivity index (χ1) is 24.8. The average Bonchev–Trinajstić information content (AvgIpc) is 3.06. The third kappa shape index (κ3) is 10.2. The highest BCUT2D eigenvalue weighted by atomic mass is 32.2. The van der Waals surface area contributed by atoms with Gasteiger partial charge in [0.15, 0.2) is 11.6 Å². The number of anilines is 2. The molecule has 0 heterocycles. The third-order valence-corrected chi connectivity index (χ3v) is 9.45. The fraction of sp³-hybridized carbons (Fsp3) is 0.200. The monoisotopic (exact) mass is 762 g/mol. The summed E-state index contributed by atoms with van der Waals surface area (Å²) in [5.41, 5.74) is 1.95. The summed E-state index contributed by atoms with van der Waals surface area (Å²) in [6, 6.07) is 14.8. The van der Waals surface area contributed by atoms with Crippen molar-refractivity contribution in [3.05, 3.63) is 95.6 Å². The van der Waals surface area contributed by atoms with E-state index in [9.17, 15) is 45.1 Å². The first-order valence-electron chi connectivity index (χ1n) is 15.6. The summed E-state index contributed by atoms with van der Waals surface area (Å²) in [6.07, 6.45) is 0. The number of rotatable bonds is 13. The van der Waals surface area contributed by atoms with E-state index >= 15 is 0 Å². The van der Waals surface area contributed by atoms with Gasteiger partial charge in [-0.05, 0) is 82.1 Å². The largest absolute Gasteiger partial charge is 0.324 e. The van der Waals surface area contributed by atoms with Gasteiger partial charge in [0.05, 0.1) is 11.4 Å². The van der Waals surface area contributed by atoms with Crippen LogP contribution < -0.4 is 10.6 Å². The third-order valence-electron chi connectivity index (χ3n) is 7.66. The molecule has 0 saturated heterocycles. The van der Waals surface area contributed by atoms with Gasteiger partial charge in [-0.25, -0.2) is 0 Å². The van der Waals surface area contributed by atoms with Crippen molar-refractivity contribution in [3.63, 3.8) is 0 Å². The number of benzene rings is 4. The number of carbonyl (C=O) groups excluding carboxylic acids is 4. The van der Waals surface area contributed by atoms with Crippen LogP contribution in [-0.2, 0) is 39.4 Å². The molecule has 0 bridgehead atoms. The molecule has 0 aliphatic carbocycles. The van der Waals surface area contributed by atoms with Crippen LogP contribution in [0.4, 0.5) is 22.7 Å². The Bertz CT molecular complexity index is 2410. The number of aryl methyl sites for hydroxylation is 3. The molecular formula is C35H34N6O10S2. The van der Waals surface area contributed by atoms with Gasteiger partial charge < -0.3 is 10.6 Å². The van der Waals surface area contributed by atoms with Crippen LogP contribution in [0.5, 0.6) is 0 Å². The number of para-hydroxylation sites is 1.